The molecule has 0 aliphatic rings. The van der Waals surface area contributed by atoms with Crippen LogP contribution in [-0.4, -0.2) is 0 Å². The molecule has 0 radical (unpaired) electrons. The van der Waals surface area contributed by atoms with Crippen LogP contribution >= 0.6 is 0 Å². The van der Waals surface area contributed by atoms with Crippen LogP contribution in [0.5, 0.6) is 0 Å². The van der Waals surface area contributed by atoms with Gasteiger partial charge in [-0.25, -0.2) is 0 Å². The maximum atomic E-state index is 6.29. The summed E-state index contributed by atoms with van der Waals surface area (Å²) in [6.07, 6.45) is 1.98. The fraction of sp³-hybridized carbons (Fsp3) is 0.158. The SMILES string of the molecule is NC(CCc1cccc2ccccc12)c1ccccc1. The van der Waals surface area contributed by atoms with Gasteiger partial charge in [0.25, 0.3) is 0 Å². The third kappa shape index (κ3) is 2.73. The van der Waals surface area contributed by atoms with E-state index in [1.807, 2.05) is 18.2 Å². The molecule has 100 valence electrons. The molecule has 2 N–H and O–H groups in total. The summed E-state index contributed by atoms with van der Waals surface area (Å²) in [5.74, 6) is 0. The molecule has 0 aliphatic heterocycles. The molecule has 3 aromatic rings. The summed E-state index contributed by atoms with van der Waals surface area (Å²) < 4.78 is 0. The first-order valence-electron chi connectivity index (χ1n) is 7.12. The monoisotopic (exact) mass is 261 g/mol. The van der Waals surface area contributed by atoms with E-state index in [-0.39, 0.29) is 6.04 Å². The third-order valence-electron chi connectivity index (χ3n) is 3.83. The van der Waals surface area contributed by atoms with E-state index in [4.69, 9.17) is 5.73 Å². The molecule has 0 spiro atoms. The average Bonchev–Trinajstić information content (AvgIpc) is 2.53. The second-order valence-corrected chi connectivity index (χ2v) is 5.19. The van der Waals surface area contributed by atoms with E-state index < -0.39 is 0 Å². The third-order valence-corrected chi connectivity index (χ3v) is 3.83. The lowest BCUT2D eigenvalue weighted by molar-refractivity contribution is 0.653. The first kappa shape index (κ1) is 12.9. The maximum absolute atomic E-state index is 6.29. The zero-order chi connectivity index (χ0) is 13.8. The standard InChI is InChI=1S/C19H19N/c20-19(17-8-2-1-3-9-17)14-13-16-11-6-10-15-7-4-5-12-18(15)16/h1-12,19H,13-14,20H2. The number of aryl methyl sites for hydroxylation is 1. The number of nitrogens with two attached hydrogens (primary N) is 1. The van der Waals surface area contributed by atoms with E-state index in [2.05, 4.69) is 54.6 Å². The fourth-order valence-electron chi connectivity index (χ4n) is 2.69. The molecule has 0 saturated heterocycles. The van der Waals surface area contributed by atoms with Crippen LogP contribution in [0.25, 0.3) is 10.8 Å². The van der Waals surface area contributed by atoms with Crippen LogP contribution in [-0.2, 0) is 6.42 Å². The van der Waals surface area contributed by atoms with Crippen molar-refractivity contribution in [2.24, 2.45) is 5.73 Å². The van der Waals surface area contributed by atoms with Crippen LogP contribution in [0, 0.1) is 0 Å². The highest BCUT2D eigenvalue weighted by atomic mass is 14.6. The Morgan fingerprint density at radius 2 is 1.45 bits per heavy atom. The van der Waals surface area contributed by atoms with Crippen molar-refractivity contribution in [1.29, 1.82) is 0 Å². The quantitative estimate of drug-likeness (QED) is 0.736. The van der Waals surface area contributed by atoms with Crippen LogP contribution in [0.4, 0.5) is 0 Å². The lowest BCUT2D eigenvalue weighted by atomic mass is 9.96. The van der Waals surface area contributed by atoms with Gasteiger partial charge in [0, 0.05) is 6.04 Å². The van der Waals surface area contributed by atoms with Gasteiger partial charge in [-0.3, -0.25) is 0 Å². The lowest BCUT2D eigenvalue weighted by Crippen LogP contribution is -2.11. The van der Waals surface area contributed by atoms with Crippen molar-refractivity contribution in [1.82, 2.24) is 0 Å². The Balaban J connectivity index is 1.77. The summed E-state index contributed by atoms with van der Waals surface area (Å²) in [6, 6.07) is 25.5. The zero-order valence-electron chi connectivity index (χ0n) is 11.5. The Kier molecular flexibility index (Phi) is 3.80. The molecule has 20 heavy (non-hydrogen) atoms. The largest absolute Gasteiger partial charge is 0.324 e. The van der Waals surface area contributed by atoms with Gasteiger partial charge in [-0.15, -0.1) is 0 Å². The van der Waals surface area contributed by atoms with Gasteiger partial charge in [0.1, 0.15) is 0 Å². The Hall–Kier alpha value is -2.12. The Bertz CT molecular complexity index is 683. The molecule has 1 unspecified atom stereocenters. The van der Waals surface area contributed by atoms with Crippen LogP contribution in [0.1, 0.15) is 23.6 Å². The smallest absolute Gasteiger partial charge is 0.0298 e. The normalized spacial score (nSPS) is 12.4. The highest BCUT2D eigenvalue weighted by Crippen LogP contribution is 2.22. The summed E-state index contributed by atoms with van der Waals surface area (Å²) in [6.45, 7) is 0. The predicted octanol–water partition coefficient (Wildman–Crippen LogP) is 4.47. The van der Waals surface area contributed by atoms with E-state index in [9.17, 15) is 0 Å². The molecule has 1 nitrogen and oxygen atoms in total. The molecule has 0 heterocycles. The minimum absolute atomic E-state index is 0.107. The van der Waals surface area contributed by atoms with Crippen molar-refractivity contribution in [3.05, 3.63) is 83.9 Å². The summed E-state index contributed by atoms with van der Waals surface area (Å²) >= 11 is 0. The highest BCUT2D eigenvalue weighted by Gasteiger charge is 2.07. The molecule has 1 heteroatoms. The number of hydrogen-bond donors (Lipinski definition) is 1. The Morgan fingerprint density at radius 3 is 2.30 bits per heavy atom. The Morgan fingerprint density at radius 1 is 0.750 bits per heavy atom. The molecular formula is C19H19N. The molecule has 0 aromatic heterocycles. The van der Waals surface area contributed by atoms with E-state index in [0.717, 1.165) is 12.8 Å². The number of rotatable bonds is 4. The molecule has 1 atom stereocenters. The van der Waals surface area contributed by atoms with Gasteiger partial charge in [0.15, 0.2) is 0 Å². The van der Waals surface area contributed by atoms with Gasteiger partial charge in [-0.2, -0.15) is 0 Å². The molecular weight excluding hydrogens is 242 g/mol. The maximum Gasteiger partial charge on any atom is 0.0298 e. The van der Waals surface area contributed by atoms with Gasteiger partial charge < -0.3 is 5.73 Å². The summed E-state index contributed by atoms with van der Waals surface area (Å²) in [7, 11) is 0. The number of fused-ring (bicyclic) bond motifs is 1. The number of hydrogen-bond acceptors (Lipinski definition) is 1. The van der Waals surface area contributed by atoms with Gasteiger partial charge in [-0.05, 0) is 34.7 Å². The second kappa shape index (κ2) is 5.89. The van der Waals surface area contributed by atoms with Crippen molar-refractivity contribution in [3.8, 4) is 0 Å². The van der Waals surface area contributed by atoms with Gasteiger partial charge in [0.05, 0.1) is 0 Å². The van der Waals surface area contributed by atoms with Crippen LogP contribution < -0.4 is 5.73 Å². The van der Waals surface area contributed by atoms with E-state index in [1.54, 1.807) is 0 Å². The van der Waals surface area contributed by atoms with Crippen molar-refractivity contribution in [2.75, 3.05) is 0 Å². The predicted molar refractivity (Wildman–Crippen MR) is 85.6 cm³/mol. The minimum atomic E-state index is 0.107. The summed E-state index contributed by atoms with van der Waals surface area (Å²) in [5.41, 5.74) is 8.89. The average molecular weight is 261 g/mol. The van der Waals surface area contributed by atoms with Gasteiger partial charge in [0.2, 0.25) is 0 Å². The first-order valence-corrected chi connectivity index (χ1v) is 7.12. The molecule has 3 aromatic carbocycles. The van der Waals surface area contributed by atoms with E-state index >= 15 is 0 Å². The van der Waals surface area contributed by atoms with Crippen LogP contribution in [0.3, 0.4) is 0 Å². The topological polar surface area (TPSA) is 26.0 Å². The fourth-order valence-corrected chi connectivity index (χ4v) is 2.69. The molecule has 0 amide bonds. The molecule has 0 saturated carbocycles. The minimum Gasteiger partial charge on any atom is -0.324 e. The van der Waals surface area contributed by atoms with Crippen molar-refractivity contribution >= 4 is 10.8 Å². The van der Waals surface area contributed by atoms with Crippen molar-refractivity contribution in [2.45, 2.75) is 18.9 Å². The van der Waals surface area contributed by atoms with Crippen molar-refractivity contribution in [3.63, 3.8) is 0 Å². The number of benzene rings is 3. The second-order valence-electron chi connectivity index (χ2n) is 5.19. The summed E-state index contributed by atoms with van der Waals surface area (Å²) in [5, 5.41) is 2.65. The molecule has 3 rings (SSSR count). The first-order chi connectivity index (χ1) is 9.84. The van der Waals surface area contributed by atoms with Crippen molar-refractivity contribution < 1.29 is 0 Å². The van der Waals surface area contributed by atoms with E-state index in [1.165, 1.54) is 21.9 Å². The summed E-state index contributed by atoms with van der Waals surface area (Å²) in [4.78, 5) is 0. The highest BCUT2D eigenvalue weighted by molar-refractivity contribution is 5.85. The Labute approximate surface area is 120 Å². The van der Waals surface area contributed by atoms with Crippen LogP contribution in [0.2, 0.25) is 0 Å². The lowest BCUT2D eigenvalue weighted by Gasteiger charge is -2.13. The van der Waals surface area contributed by atoms with Crippen LogP contribution in [0.15, 0.2) is 72.8 Å². The molecule has 0 aliphatic carbocycles. The van der Waals surface area contributed by atoms with Gasteiger partial charge >= 0.3 is 0 Å². The zero-order valence-corrected chi connectivity index (χ0v) is 11.5. The van der Waals surface area contributed by atoms with Gasteiger partial charge in [-0.1, -0.05) is 72.8 Å². The van der Waals surface area contributed by atoms with E-state index in [0.29, 0.717) is 0 Å². The molecule has 0 fully saturated rings. The molecule has 0 bridgehead atoms.